The maximum Gasteiger partial charge on any atom is 0.257 e. The van der Waals surface area contributed by atoms with Gasteiger partial charge in [0.15, 0.2) is 0 Å². The van der Waals surface area contributed by atoms with Crippen molar-refractivity contribution in [3.05, 3.63) is 27.5 Å². The highest BCUT2D eigenvalue weighted by Crippen LogP contribution is 2.21. The lowest BCUT2D eigenvalue weighted by Crippen LogP contribution is -2.33. The summed E-state index contributed by atoms with van der Waals surface area (Å²) in [5.74, 6) is 2.09. The Morgan fingerprint density at radius 1 is 1.47 bits per heavy atom. The molecule has 0 aromatic carbocycles. The van der Waals surface area contributed by atoms with Crippen LogP contribution in [-0.2, 0) is 0 Å². The van der Waals surface area contributed by atoms with E-state index in [0.29, 0.717) is 5.56 Å². The summed E-state index contributed by atoms with van der Waals surface area (Å²) < 4.78 is 0.773. The Labute approximate surface area is 118 Å². The number of carbonyl (C=O) groups excluding carboxylic acids is 1. The van der Waals surface area contributed by atoms with Crippen molar-refractivity contribution in [2.75, 3.05) is 24.6 Å². The van der Waals surface area contributed by atoms with Crippen LogP contribution >= 0.6 is 39.3 Å². The van der Waals surface area contributed by atoms with Gasteiger partial charge in [-0.05, 0) is 34.2 Å². The number of carbonyl (C=O) groups is 1. The standard InChI is InChI=1S/C11H12BrClN2OS/c12-8-6-9(10(13)14-7-8)11(16)15-2-1-4-17-5-3-15/h6-7H,1-5H2. The van der Waals surface area contributed by atoms with Crippen LogP contribution in [0.15, 0.2) is 16.7 Å². The predicted octanol–water partition coefficient (Wildman–Crippen LogP) is 3.08. The van der Waals surface area contributed by atoms with Crippen LogP contribution in [0.3, 0.4) is 0 Å². The third-order valence-electron chi connectivity index (χ3n) is 2.55. The third kappa shape index (κ3) is 3.36. The lowest BCUT2D eigenvalue weighted by atomic mass is 10.2. The van der Waals surface area contributed by atoms with Gasteiger partial charge in [-0.15, -0.1) is 0 Å². The molecule has 0 bridgehead atoms. The minimum atomic E-state index is -0.0219. The molecule has 1 aliphatic rings. The van der Waals surface area contributed by atoms with Gasteiger partial charge in [-0.25, -0.2) is 4.98 Å². The van der Waals surface area contributed by atoms with E-state index in [1.807, 2.05) is 16.7 Å². The minimum Gasteiger partial charge on any atom is -0.338 e. The first-order valence-electron chi connectivity index (χ1n) is 5.36. The molecule has 1 fully saturated rings. The van der Waals surface area contributed by atoms with Crippen molar-refractivity contribution >= 4 is 45.2 Å². The van der Waals surface area contributed by atoms with Gasteiger partial charge in [-0.3, -0.25) is 4.79 Å². The Kier molecular flexibility index (Phi) is 4.70. The summed E-state index contributed by atoms with van der Waals surface area (Å²) in [6, 6.07) is 1.73. The molecule has 0 unspecified atom stereocenters. The molecule has 17 heavy (non-hydrogen) atoms. The molecular weight excluding hydrogens is 324 g/mol. The summed E-state index contributed by atoms with van der Waals surface area (Å²) >= 11 is 11.2. The maximum atomic E-state index is 12.3. The van der Waals surface area contributed by atoms with Crippen LogP contribution in [0.5, 0.6) is 0 Å². The summed E-state index contributed by atoms with van der Waals surface area (Å²) in [5, 5.41) is 0.273. The molecule has 0 N–H and O–H groups in total. The summed E-state index contributed by atoms with van der Waals surface area (Å²) in [4.78, 5) is 18.1. The number of thioether (sulfide) groups is 1. The summed E-state index contributed by atoms with van der Waals surface area (Å²) in [7, 11) is 0. The molecule has 0 saturated carbocycles. The Bertz CT molecular complexity index is 422. The molecule has 2 rings (SSSR count). The molecule has 0 radical (unpaired) electrons. The van der Waals surface area contributed by atoms with Crippen LogP contribution < -0.4 is 0 Å². The van der Waals surface area contributed by atoms with Gasteiger partial charge in [0.05, 0.1) is 5.56 Å². The highest BCUT2D eigenvalue weighted by atomic mass is 79.9. The second-order valence-electron chi connectivity index (χ2n) is 3.75. The second-order valence-corrected chi connectivity index (χ2v) is 6.25. The number of halogens is 2. The zero-order valence-electron chi connectivity index (χ0n) is 9.16. The molecule has 1 aromatic rings. The van der Waals surface area contributed by atoms with Gasteiger partial charge >= 0.3 is 0 Å². The number of pyridine rings is 1. The molecule has 2 heterocycles. The zero-order chi connectivity index (χ0) is 12.3. The number of nitrogens with zero attached hydrogens (tertiary/aromatic N) is 2. The number of rotatable bonds is 1. The second kappa shape index (κ2) is 6.07. The molecule has 1 saturated heterocycles. The van der Waals surface area contributed by atoms with Gasteiger partial charge in [-0.1, -0.05) is 11.6 Å². The van der Waals surface area contributed by atoms with Gasteiger partial charge in [0.1, 0.15) is 5.15 Å². The summed E-state index contributed by atoms with van der Waals surface area (Å²) in [5.41, 5.74) is 0.480. The first-order chi connectivity index (χ1) is 8.18. The fraction of sp³-hybridized carbons (Fsp3) is 0.455. The molecule has 6 heteroatoms. The van der Waals surface area contributed by atoms with Crippen LogP contribution in [0.2, 0.25) is 5.15 Å². The van der Waals surface area contributed by atoms with Crippen LogP contribution in [-0.4, -0.2) is 40.4 Å². The van der Waals surface area contributed by atoms with E-state index >= 15 is 0 Å². The van der Waals surface area contributed by atoms with Crippen LogP contribution in [0.25, 0.3) is 0 Å². The van der Waals surface area contributed by atoms with E-state index in [0.717, 1.165) is 35.5 Å². The highest BCUT2D eigenvalue weighted by Gasteiger charge is 2.20. The average Bonchev–Trinajstić information content (AvgIpc) is 2.60. The normalized spacial score (nSPS) is 16.7. The fourth-order valence-electron chi connectivity index (χ4n) is 1.69. The van der Waals surface area contributed by atoms with Gasteiger partial charge in [0.25, 0.3) is 5.91 Å². The van der Waals surface area contributed by atoms with Gasteiger partial charge in [0, 0.05) is 29.5 Å². The fourth-order valence-corrected chi connectivity index (χ4v) is 3.09. The van der Waals surface area contributed by atoms with Crippen molar-refractivity contribution in [2.24, 2.45) is 0 Å². The smallest absolute Gasteiger partial charge is 0.257 e. The van der Waals surface area contributed by atoms with Crippen LogP contribution in [0, 0.1) is 0 Å². The van der Waals surface area contributed by atoms with E-state index in [1.54, 1.807) is 12.3 Å². The Balaban J connectivity index is 2.20. The third-order valence-corrected chi connectivity index (χ3v) is 4.33. The van der Waals surface area contributed by atoms with Crippen molar-refractivity contribution in [1.29, 1.82) is 0 Å². The van der Waals surface area contributed by atoms with E-state index in [1.165, 1.54) is 0 Å². The quantitative estimate of drug-likeness (QED) is 0.740. The lowest BCUT2D eigenvalue weighted by molar-refractivity contribution is 0.0768. The molecule has 0 aliphatic carbocycles. The van der Waals surface area contributed by atoms with Crippen LogP contribution in [0.4, 0.5) is 0 Å². The molecule has 92 valence electrons. The number of hydrogen-bond acceptors (Lipinski definition) is 3. The van der Waals surface area contributed by atoms with Crippen molar-refractivity contribution in [2.45, 2.75) is 6.42 Å². The molecule has 0 spiro atoms. The van der Waals surface area contributed by atoms with Gasteiger partial charge in [-0.2, -0.15) is 11.8 Å². The largest absolute Gasteiger partial charge is 0.338 e. The molecule has 1 amide bonds. The molecular formula is C11H12BrClN2OS. The molecule has 1 aliphatic heterocycles. The Morgan fingerprint density at radius 2 is 2.29 bits per heavy atom. The number of hydrogen-bond donors (Lipinski definition) is 0. The topological polar surface area (TPSA) is 33.2 Å². The molecule has 3 nitrogen and oxygen atoms in total. The average molecular weight is 336 g/mol. The summed E-state index contributed by atoms with van der Waals surface area (Å²) in [6.07, 6.45) is 2.63. The van der Waals surface area contributed by atoms with E-state index in [4.69, 9.17) is 11.6 Å². The van der Waals surface area contributed by atoms with E-state index in [-0.39, 0.29) is 11.1 Å². The Morgan fingerprint density at radius 3 is 3.12 bits per heavy atom. The zero-order valence-corrected chi connectivity index (χ0v) is 12.3. The first-order valence-corrected chi connectivity index (χ1v) is 7.69. The highest BCUT2D eigenvalue weighted by molar-refractivity contribution is 9.10. The maximum absolute atomic E-state index is 12.3. The number of amides is 1. The van der Waals surface area contributed by atoms with Crippen molar-refractivity contribution in [3.8, 4) is 0 Å². The minimum absolute atomic E-state index is 0.0219. The van der Waals surface area contributed by atoms with Gasteiger partial charge in [0.2, 0.25) is 0 Å². The lowest BCUT2D eigenvalue weighted by Gasteiger charge is -2.20. The van der Waals surface area contributed by atoms with Gasteiger partial charge < -0.3 is 4.90 Å². The Hall–Kier alpha value is -0.260. The summed E-state index contributed by atoms with van der Waals surface area (Å²) in [6.45, 7) is 1.58. The number of aromatic nitrogens is 1. The monoisotopic (exact) mass is 334 g/mol. The predicted molar refractivity (Wildman–Crippen MR) is 74.8 cm³/mol. The van der Waals surface area contributed by atoms with Crippen LogP contribution in [0.1, 0.15) is 16.8 Å². The van der Waals surface area contributed by atoms with E-state index in [2.05, 4.69) is 20.9 Å². The SMILES string of the molecule is O=C(c1cc(Br)cnc1Cl)N1CCCSCC1. The molecule has 1 aromatic heterocycles. The van der Waals surface area contributed by atoms with Crippen molar-refractivity contribution < 1.29 is 4.79 Å². The molecule has 0 atom stereocenters. The van der Waals surface area contributed by atoms with Crippen molar-refractivity contribution in [3.63, 3.8) is 0 Å². The van der Waals surface area contributed by atoms with E-state index < -0.39 is 0 Å². The van der Waals surface area contributed by atoms with E-state index in [9.17, 15) is 4.79 Å². The first kappa shape index (κ1) is 13.2. The van der Waals surface area contributed by atoms with Crippen molar-refractivity contribution in [1.82, 2.24) is 9.88 Å².